The molecule has 11 rings (SSSR count). The summed E-state index contributed by atoms with van der Waals surface area (Å²) in [6.45, 7) is 9.12. The first-order valence-electron chi connectivity index (χ1n) is 21.8. The van der Waals surface area contributed by atoms with Gasteiger partial charge in [-0.1, -0.05) is 27.7 Å². The molecule has 312 valence electrons. The summed E-state index contributed by atoms with van der Waals surface area (Å²) in [7, 11) is 0. The number of benzene rings is 7. The van der Waals surface area contributed by atoms with Crippen molar-refractivity contribution in [2.75, 3.05) is 0 Å². The van der Waals surface area contributed by atoms with E-state index in [0.29, 0.717) is 17.4 Å². The number of hydrogen-bond donors (Lipinski definition) is 0. The van der Waals surface area contributed by atoms with Crippen molar-refractivity contribution in [3.8, 4) is 50.9 Å². The van der Waals surface area contributed by atoms with Crippen molar-refractivity contribution in [2.24, 2.45) is 5.92 Å². The van der Waals surface area contributed by atoms with Crippen LogP contribution in [0.3, 0.4) is 0 Å². The van der Waals surface area contributed by atoms with Gasteiger partial charge < -0.3 is 0 Å². The van der Waals surface area contributed by atoms with Crippen molar-refractivity contribution < 1.29 is 24.1 Å². The molecule has 0 N–H and O–H groups in total. The third-order valence-corrected chi connectivity index (χ3v) is 13.7. The maximum absolute atomic E-state index is 6.76. The molecule has 1 atom stereocenters. The maximum atomic E-state index is 6.76. The van der Waals surface area contributed by atoms with E-state index in [1.54, 1.807) is 0 Å². The first kappa shape index (κ1) is 39.3. The topological polar surface area (TPSA) is 36.9 Å². The quantitative estimate of drug-likeness (QED) is 0.149. The van der Waals surface area contributed by atoms with Crippen molar-refractivity contribution in [2.45, 2.75) is 52.4 Å². The monoisotopic (exact) mass is 997 g/mol. The Morgan fingerprint density at radius 2 is 1.29 bits per heavy atom. The Balaban J connectivity index is 1.05. The van der Waals surface area contributed by atoms with Gasteiger partial charge in [0.1, 0.15) is 0 Å². The zero-order valence-corrected chi connectivity index (χ0v) is 38.1. The fourth-order valence-electron chi connectivity index (χ4n) is 9.45. The van der Waals surface area contributed by atoms with Gasteiger partial charge in [0.25, 0.3) is 0 Å². The molecule has 0 saturated heterocycles. The van der Waals surface area contributed by atoms with E-state index < -0.39 is 0 Å². The molecule has 0 aliphatic heterocycles. The number of aromatic nitrogens is 4. The van der Waals surface area contributed by atoms with Gasteiger partial charge in [-0.3, -0.25) is 0 Å². The second kappa shape index (κ2) is 15.7. The van der Waals surface area contributed by atoms with Gasteiger partial charge in [0.2, 0.25) is 0 Å². The molecular weight excluding hydrogens is 952 g/mol. The zero-order valence-electron chi connectivity index (χ0n) is 35.8. The Bertz CT molecular complexity index is 3370. The van der Waals surface area contributed by atoms with Gasteiger partial charge in [-0.05, 0) is 53.4 Å². The molecule has 3 aromatic heterocycles. The molecule has 0 spiro atoms. The summed E-state index contributed by atoms with van der Waals surface area (Å²) < 4.78 is 14.7. The van der Waals surface area contributed by atoms with Gasteiger partial charge >= 0.3 is 294 Å². The first-order valence-corrected chi connectivity index (χ1v) is 22.9. The third-order valence-electron chi connectivity index (χ3n) is 12.6. The van der Waals surface area contributed by atoms with Crippen LogP contribution < -0.4 is 4.74 Å². The number of aryl methyl sites for hydroxylation is 1. The van der Waals surface area contributed by atoms with Gasteiger partial charge in [0.15, 0.2) is 0 Å². The number of nitrogens with zero attached hydrogens (tertiary/aromatic N) is 4. The molecule has 5 nitrogen and oxygen atoms in total. The van der Waals surface area contributed by atoms with E-state index >= 15 is 0 Å². The third kappa shape index (κ3) is 7.00. The van der Waals surface area contributed by atoms with Crippen molar-refractivity contribution in [3.05, 3.63) is 197 Å². The van der Waals surface area contributed by atoms with E-state index in [1.165, 1.54) is 28.5 Å². The van der Waals surface area contributed by atoms with Gasteiger partial charge in [-0.25, -0.2) is 0 Å². The smallest absolute Gasteiger partial charge is 0.0561 e. The summed E-state index contributed by atoms with van der Waals surface area (Å²) in [6.07, 6.45) is 5.35. The Morgan fingerprint density at radius 1 is 0.619 bits per heavy atom. The average molecular weight is 998 g/mol. The average Bonchev–Trinajstić information content (AvgIpc) is 3.78. The van der Waals surface area contributed by atoms with Crippen molar-refractivity contribution >= 4 is 32.8 Å². The molecule has 7 aromatic carbocycles. The molecule has 1 aliphatic carbocycles. The second-order valence-corrected chi connectivity index (χ2v) is 18.9. The van der Waals surface area contributed by atoms with Crippen LogP contribution in [0.2, 0.25) is 0 Å². The number of ether oxygens (including phenoxy) is 1. The SMILES string of the molecule is CC1CCc2cc3c(cc2C1)c1ccc(Oc2[c-]c(-n4[c](=[Pt])n(-c5c(-c6ccccc6)cccc5-c5ccccc5)c5ccccc54)ccc2)[c-]c1n3-c1cc(C(C)(C)C)ccn1. The Labute approximate surface area is 379 Å². The van der Waals surface area contributed by atoms with Crippen LogP contribution in [-0.2, 0) is 37.6 Å². The Morgan fingerprint density at radius 3 is 2.00 bits per heavy atom. The van der Waals surface area contributed by atoms with Crippen LogP contribution in [0.4, 0.5) is 0 Å². The van der Waals surface area contributed by atoms with E-state index in [2.05, 4.69) is 212 Å². The van der Waals surface area contributed by atoms with Crippen molar-refractivity contribution in [1.29, 1.82) is 0 Å². The molecule has 1 unspecified atom stereocenters. The predicted octanol–water partition coefficient (Wildman–Crippen LogP) is 14.1. The van der Waals surface area contributed by atoms with Gasteiger partial charge in [0.05, 0.1) is 0 Å². The van der Waals surface area contributed by atoms with Gasteiger partial charge in [0, 0.05) is 6.20 Å². The summed E-state index contributed by atoms with van der Waals surface area (Å²) in [5, 5.41) is 2.37. The van der Waals surface area contributed by atoms with Crippen molar-refractivity contribution in [3.63, 3.8) is 0 Å². The van der Waals surface area contributed by atoms with Gasteiger partial charge in [-0.2, -0.15) is 0 Å². The number of fused-ring (bicyclic) bond motifs is 5. The Kier molecular flexibility index (Phi) is 9.77. The van der Waals surface area contributed by atoms with Crippen LogP contribution in [0.5, 0.6) is 11.5 Å². The van der Waals surface area contributed by atoms with Crippen LogP contribution in [0.15, 0.2) is 164 Å². The summed E-state index contributed by atoms with van der Waals surface area (Å²) in [5.41, 5.74) is 15.0. The Hall–Kier alpha value is -6.55. The normalized spacial score (nSPS) is 14.1. The van der Waals surface area contributed by atoms with Crippen LogP contribution in [-0.4, -0.2) is 18.7 Å². The molecule has 3 heterocycles. The molecule has 0 amide bonds. The van der Waals surface area contributed by atoms with E-state index in [0.717, 1.165) is 83.5 Å². The fourth-order valence-corrected chi connectivity index (χ4v) is 10.5. The molecule has 63 heavy (non-hydrogen) atoms. The van der Waals surface area contributed by atoms with Crippen LogP contribution >= 0.6 is 0 Å². The second-order valence-electron chi connectivity index (χ2n) is 17.9. The number of rotatable bonds is 7. The summed E-state index contributed by atoms with van der Waals surface area (Å²) >= 11 is 2.48. The molecule has 1 aliphatic rings. The fraction of sp³-hybridized carbons (Fsp3) is 0.158. The predicted molar refractivity (Wildman–Crippen MR) is 253 cm³/mol. The van der Waals surface area contributed by atoms with E-state index in [9.17, 15) is 0 Å². The number of pyridine rings is 1. The molecule has 6 heteroatoms. The number of para-hydroxylation sites is 3. The first-order chi connectivity index (χ1) is 30.7. The summed E-state index contributed by atoms with van der Waals surface area (Å²) in [5.74, 6) is 2.80. The minimum atomic E-state index is -0.0256. The minimum Gasteiger partial charge on any atom is -0.0561 e. The number of imidazole rings is 1. The molecule has 0 fully saturated rings. The molecule has 0 bridgehead atoms. The number of hydrogen-bond acceptors (Lipinski definition) is 2. The van der Waals surface area contributed by atoms with Gasteiger partial charge in [-0.15, -0.1) is 0 Å². The van der Waals surface area contributed by atoms with E-state index in [4.69, 9.17) is 9.72 Å². The molecular formula is C57H46N4OPt-2. The standard InChI is InChI=1S/C57H46N4O.Pt/c1-38-25-26-41-33-53-50(32-42(41)31-38)49-28-27-46(36-54(49)61(53)55-34-43(29-30-58-55)57(2,3)4)62-45-20-13-19-44(35-45)59-37-60(52-24-12-11-23-51(52)59)56-47(39-15-7-5-8-16-39)21-14-22-48(56)40-17-9-6-10-18-40;/h5-24,27-30,32-34,38H,25-26,31H2,1-4H3;/q-2;. The summed E-state index contributed by atoms with van der Waals surface area (Å²) in [4.78, 5) is 4.97. The van der Waals surface area contributed by atoms with Crippen LogP contribution in [0, 0.1) is 21.9 Å². The van der Waals surface area contributed by atoms with Crippen LogP contribution in [0.25, 0.3) is 72.3 Å². The van der Waals surface area contributed by atoms with Crippen LogP contribution in [0.1, 0.15) is 50.8 Å². The van der Waals surface area contributed by atoms with E-state index in [-0.39, 0.29) is 5.41 Å². The molecule has 10 aromatic rings. The van der Waals surface area contributed by atoms with E-state index in [1.807, 2.05) is 24.4 Å². The van der Waals surface area contributed by atoms with Crippen molar-refractivity contribution in [1.82, 2.24) is 18.7 Å². The summed E-state index contributed by atoms with van der Waals surface area (Å²) in [6, 6.07) is 63.5. The minimum absolute atomic E-state index is 0.0256. The molecule has 0 radical (unpaired) electrons. The zero-order chi connectivity index (χ0) is 42.8. The molecule has 0 saturated carbocycles.